The zero-order valence-corrected chi connectivity index (χ0v) is 10.7. The maximum absolute atomic E-state index is 12.4. The first-order valence-corrected chi connectivity index (χ1v) is 6.55. The van der Waals surface area contributed by atoms with Gasteiger partial charge in [-0.2, -0.15) is 5.26 Å². The molecule has 0 unspecified atom stereocenters. The molecule has 0 saturated heterocycles. The number of aryl methyl sites for hydroxylation is 1. The number of nitrogen functional groups attached to an aromatic ring is 1. The number of benzene rings is 2. The van der Waals surface area contributed by atoms with E-state index in [1.165, 1.54) is 0 Å². The molecule has 0 amide bonds. The molecule has 4 heteroatoms. The molecule has 0 bridgehead atoms. The molecule has 2 N–H and O–H groups in total. The fourth-order valence-electron chi connectivity index (χ4n) is 1.61. The summed E-state index contributed by atoms with van der Waals surface area (Å²) in [7, 11) is -1.38. The highest BCUT2D eigenvalue weighted by molar-refractivity contribution is 7.85. The molecule has 3 nitrogen and oxygen atoms in total. The third-order valence-electron chi connectivity index (χ3n) is 2.61. The molecule has 0 heterocycles. The molecule has 2 rings (SSSR count). The SMILES string of the molecule is Cc1ccc([S@](=O)c2cccc(N)c2C#N)cc1. The third-order valence-corrected chi connectivity index (χ3v) is 4.05. The molecule has 0 aromatic heterocycles. The molecule has 2 aromatic rings. The van der Waals surface area contributed by atoms with Crippen LogP contribution in [-0.2, 0) is 10.8 Å². The first-order chi connectivity index (χ1) is 8.63. The van der Waals surface area contributed by atoms with E-state index >= 15 is 0 Å². The number of nitrogens with zero attached hydrogens (tertiary/aromatic N) is 1. The Labute approximate surface area is 108 Å². The molecule has 1 atom stereocenters. The molecular weight excluding hydrogens is 244 g/mol. The van der Waals surface area contributed by atoms with Crippen LogP contribution in [0.25, 0.3) is 0 Å². The fourth-order valence-corrected chi connectivity index (χ4v) is 2.80. The normalized spacial score (nSPS) is 11.8. The van der Waals surface area contributed by atoms with E-state index in [0.29, 0.717) is 15.5 Å². The molecule has 0 aliphatic rings. The van der Waals surface area contributed by atoms with E-state index in [9.17, 15) is 4.21 Å². The first-order valence-electron chi connectivity index (χ1n) is 5.40. The average Bonchev–Trinajstić information content (AvgIpc) is 2.38. The summed E-state index contributed by atoms with van der Waals surface area (Å²) < 4.78 is 12.4. The van der Waals surface area contributed by atoms with Crippen LogP contribution >= 0.6 is 0 Å². The Morgan fingerprint density at radius 2 is 1.83 bits per heavy atom. The van der Waals surface area contributed by atoms with Crippen molar-refractivity contribution >= 4 is 16.5 Å². The van der Waals surface area contributed by atoms with Gasteiger partial charge in [0.05, 0.1) is 26.9 Å². The van der Waals surface area contributed by atoms with Gasteiger partial charge in [0.2, 0.25) is 0 Å². The molecule has 18 heavy (non-hydrogen) atoms. The van der Waals surface area contributed by atoms with Crippen LogP contribution in [0.5, 0.6) is 0 Å². The lowest BCUT2D eigenvalue weighted by molar-refractivity contribution is 0.683. The Morgan fingerprint density at radius 3 is 2.44 bits per heavy atom. The molecule has 2 aromatic carbocycles. The van der Waals surface area contributed by atoms with Gasteiger partial charge in [-0.05, 0) is 31.2 Å². The second-order valence-corrected chi connectivity index (χ2v) is 5.36. The zero-order valence-electron chi connectivity index (χ0n) is 9.88. The predicted octanol–water partition coefficient (Wildman–Crippen LogP) is 2.62. The Bertz CT molecular complexity index is 642. The van der Waals surface area contributed by atoms with Crippen molar-refractivity contribution in [3.63, 3.8) is 0 Å². The minimum Gasteiger partial charge on any atom is -0.398 e. The van der Waals surface area contributed by atoms with E-state index in [2.05, 4.69) is 0 Å². The van der Waals surface area contributed by atoms with E-state index < -0.39 is 10.8 Å². The highest BCUT2D eigenvalue weighted by Gasteiger charge is 2.13. The molecule has 0 aliphatic carbocycles. The largest absolute Gasteiger partial charge is 0.398 e. The Morgan fingerprint density at radius 1 is 1.17 bits per heavy atom. The number of hydrogen-bond acceptors (Lipinski definition) is 3. The van der Waals surface area contributed by atoms with Crippen LogP contribution in [0.3, 0.4) is 0 Å². The summed E-state index contributed by atoms with van der Waals surface area (Å²) in [4.78, 5) is 1.13. The van der Waals surface area contributed by atoms with Gasteiger partial charge in [0.1, 0.15) is 6.07 Å². The van der Waals surface area contributed by atoms with Crippen molar-refractivity contribution in [1.29, 1.82) is 5.26 Å². The van der Waals surface area contributed by atoms with Crippen LogP contribution in [0.15, 0.2) is 52.3 Å². The van der Waals surface area contributed by atoms with Crippen molar-refractivity contribution in [2.24, 2.45) is 0 Å². The standard InChI is InChI=1S/C14H12N2OS/c1-10-5-7-11(8-6-10)18(17)14-4-2-3-13(16)12(14)9-15/h2-8H,16H2,1H3/t18-/m0/s1. The maximum Gasteiger partial charge on any atom is 0.103 e. The van der Waals surface area contributed by atoms with Crippen LogP contribution in [0, 0.1) is 18.3 Å². The molecule has 0 aliphatic heterocycles. The minimum atomic E-state index is -1.38. The van der Waals surface area contributed by atoms with Crippen molar-refractivity contribution in [3.05, 3.63) is 53.6 Å². The lowest BCUT2D eigenvalue weighted by Gasteiger charge is -2.06. The smallest absolute Gasteiger partial charge is 0.103 e. The Hall–Kier alpha value is -2.12. The van der Waals surface area contributed by atoms with Crippen molar-refractivity contribution in [1.82, 2.24) is 0 Å². The van der Waals surface area contributed by atoms with Crippen LogP contribution < -0.4 is 5.73 Å². The third kappa shape index (κ3) is 2.27. The molecule has 0 saturated carbocycles. The number of nitrogens with two attached hydrogens (primary N) is 1. The molecule has 0 spiro atoms. The molecule has 90 valence electrons. The molecular formula is C14H12N2OS. The maximum atomic E-state index is 12.4. The zero-order chi connectivity index (χ0) is 13.1. The fraction of sp³-hybridized carbons (Fsp3) is 0.0714. The lowest BCUT2D eigenvalue weighted by Crippen LogP contribution is -2.00. The summed E-state index contributed by atoms with van der Waals surface area (Å²) in [6, 6.07) is 14.4. The van der Waals surface area contributed by atoms with Gasteiger partial charge in [-0.15, -0.1) is 0 Å². The quantitative estimate of drug-likeness (QED) is 0.840. The number of nitriles is 1. The van der Waals surface area contributed by atoms with Gasteiger partial charge >= 0.3 is 0 Å². The van der Waals surface area contributed by atoms with Gasteiger partial charge in [-0.1, -0.05) is 23.8 Å². The van der Waals surface area contributed by atoms with Gasteiger partial charge in [-0.25, -0.2) is 4.21 Å². The van der Waals surface area contributed by atoms with Crippen LogP contribution in [0.4, 0.5) is 5.69 Å². The summed E-state index contributed by atoms with van der Waals surface area (Å²) in [6.45, 7) is 1.97. The highest BCUT2D eigenvalue weighted by Crippen LogP contribution is 2.23. The van der Waals surface area contributed by atoms with E-state index in [1.54, 1.807) is 30.3 Å². The molecule has 0 radical (unpaired) electrons. The Kier molecular flexibility index (Phi) is 3.45. The van der Waals surface area contributed by atoms with E-state index in [4.69, 9.17) is 11.0 Å². The summed E-state index contributed by atoms with van der Waals surface area (Å²) in [5, 5.41) is 9.07. The van der Waals surface area contributed by atoms with Gasteiger partial charge < -0.3 is 5.73 Å². The van der Waals surface area contributed by atoms with Crippen molar-refractivity contribution < 1.29 is 4.21 Å². The summed E-state index contributed by atoms with van der Waals surface area (Å²) in [5.74, 6) is 0. The highest BCUT2D eigenvalue weighted by atomic mass is 32.2. The number of rotatable bonds is 2. The van der Waals surface area contributed by atoms with E-state index in [0.717, 1.165) is 5.56 Å². The second-order valence-electron chi connectivity index (χ2n) is 3.91. The summed E-state index contributed by atoms with van der Waals surface area (Å²) >= 11 is 0. The van der Waals surface area contributed by atoms with E-state index in [1.807, 2.05) is 25.1 Å². The monoisotopic (exact) mass is 256 g/mol. The van der Waals surface area contributed by atoms with Gasteiger partial charge in [-0.3, -0.25) is 0 Å². The van der Waals surface area contributed by atoms with Crippen LogP contribution in [0.2, 0.25) is 0 Å². The number of hydrogen-bond donors (Lipinski definition) is 1. The summed E-state index contributed by atoms with van der Waals surface area (Å²) in [6.07, 6.45) is 0. The predicted molar refractivity (Wildman–Crippen MR) is 71.4 cm³/mol. The number of anilines is 1. The van der Waals surface area contributed by atoms with Gasteiger partial charge in [0.25, 0.3) is 0 Å². The van der Waals surface area contributed by atoms with Crippen molar-refractivity contribution in [3.8, 4) is 6.07 Å². The lowest BCUT2D eigenvalue weighted by atomic mass is 10.2. The Balaban J connectivity index is 2.50. The average molecular weight is 256 g/mol. The van der Waals surface area contributed by atoms with Crippen LogP contribution in [-0.4, -0.2) is 4.21 Å². The van der Waals surface area contributed by atoms with Crippen molar-refractivity contribution in [2.45, 2.75) is 16.7 Å². The van der Waals surface area contributed by atoms with Gasteiger partial charge in [0.15, 0.2) is 0 Å². The first kappa shape index (κ1) is 12.3. The van der Waals surface area contributed by atoms with Crippen molar-refractivity contribution in [2.75, 3.05) is 5.73 Å². The van der Waals surface area contributed by atoms with Gasteiger partial charge in [0, 0.05) is 4.90 Å². The minimum absolute atomic E-state index is 0.288. The molecule has 0 fully saturated rings. The van der Waals surface area contributed by atoms with E-state index in [-0.39, 0.29) is 5.56 Å². The summed E-state index contributed by atoms with van der Waals surface area (Å²) in [5.41, 5.74) is 7.46. The van der Waals surface area contributed by atoms with Crippen LogP contribution in [0.1, 0.15) is 11.1 Å². The second kappa shape index (κ2) is 5.03. The topological polar surface area (TPSA) is 66.9 Å².